The van der Waals surface area contributed by atoms with E-state index < -0.39 is 224 Å². The van der Waals surface area contributed by atoms with Crippen molar-refractivity contribution in [2.24, 2.45) is 0 Å². The quantitative estimate of drug-likeness (QED) is 0.0640. The van der Waals surface area contributed by atoms with Crippen molar-refractivity contribution in [3.05, 3.63) is 35.9 Å². The van der Waals surface area contributed by atoms with Crippen molar-refractivity contribution in [3.63, 3.8) is 0 Å². The first-order chi connectivity index (χ1) is 43.9. The van der Waals surface area contributed by atoms with Crippen molar-refractivity contribution in [2.45, 2.75) is 286 Å². The van der Waals surface area contributed by atoms with Crippen LogP contribution in [-0.4, -0.2) is 233 Å². The predicted molar refractivity (Wildman–Crippen MR) is 322 cm³/mol. The standard InChI is InChI=1S/C63H96N6O25/c1-58(2,3)93-55(74)64-27-35-45-47(87-60(7,8)85-45)41(81-35)33(69-57(76)80-29-30-21-19-18-20-22-30)25-39(72)67-31(43-49-51(53(78-16)83-43)91-62(11,12)89-49)23-37(70)66-32(44-50-52(54(79-17)84-44)92-63(13,14)90-50)24-38(71)68-34(26-40(73)77-15)42-48-46(86-61(9,10)88-48)36(82-42)28-65-56(75)94-59(4,5)6/h18-22,31-36,41-54H,23-29H2,1-17H3,(H,64,74)(H,65,75)(H,66,70)(H,67,72)(H,68,71)(H,69,76)/t31-,32+,33+,34-,35-,36-,41-,42-,43-,44-,45-,46-,47+,48+,49+,50+,51+,52+,53+,54+/m1/s1. The third-order valence-corrected chi connectivity index (χ3v) is 16.6. The van der Waals surface area contributed by atoms with E-state index in [-0.39, 0.29) is 19.7 Å². The number of methoxy groups -OCH3 is 3. The minimum absolute atomic E-state index is 0.0888. The van der Waals surface area contributed by atoms with Crippen LogP contribution in [0.15, 0.2) is 30.3 Å². The van der Waals surface area contributed by atoms with Gasteiger partial charge in [0, 0.05) is 46.6 Å². The molecule has 94 heavy (non-hydrogen) atoms. The van der Waals surface area contributed by atoms with Gasteiger partial charge < -0.3 is 117 Å². The number of rotatable bonds is 24. The van der Waals surface area contributed by atoms with E-state index in [2.05, 4.69) is 31.9 Å². The van der Waals surface area contributed by atoms with E-state index in [0.717, 1.165) is 0 Å². The van der Waals surface area contributed by atoms with Crippen LogP contribution in [0.4, 0.5) is 14.4 Å². The fraction of sp³-hybridized carbons (Fsp3) is 0.794. The van der Waals surface area contributed by atoms with E-state index in [4.69, 9.17) is 85.3 Å². The van der Waals surface area contributed by atoms with Crippen LogP contribution >= 0.6 is 0 Å². The first-order valence-corrected chi connectivity index (χ1v) is 31.9. The van der Waals surface area contributed by atoms with Crippen LogP contribution in [0.5, 0.6) is 0 Å². The van der Waals surface area contributed by atoms with Gasteiger partial charge in [-0.1, -0.05) is 30.3 Å². The fourth-order valence-electron chi connectivity index (χ4n) is 13.2. The average molecular weight is 1340 g/mol. The molecule has 8 aliphatic heterocycles. The second-order valence-electron chi connectivity index (χ2n) is 28.4. The summed E-state index contributed by atoms with van der Waals surface area (Å²) in [5.41, 5.74) is -0.927. The summed E-state index contributed by atoms with van der Waals surface area (Å²) in [5.74, 6) is -7.54. The maximum Gasteiger partial charge on any atom is 0.407 e. The van der Waals surface area contributed by atoms with E-state index in [9.17, 15) is 24.0 Å². The highest BCUT2D eigenvalue weighted by molar-refractivity contribution is 5.83. The highest BCUT2D eigenvalue weighted by atomic mass is 16.8. The molecule has 0 unspecified atom stereocenters. The Hall–Kier alpha value is -5.65. The second-order valence-corrected chi connectivity index (χ2v) is 28.4. The molecule has 0 bridgehead atoms. The molecular weight excluding hydrogens is 1240 g/mol. The molecule has 0 aromatic heterocycles. The molecule has 20 atom stereocenters. The van der Waals surface area contributed by atoms with Gasteiger partial charge in [-0.05, 0) is 102 Å². The Morgan fingerprint density at radius 3 is 1.13 bits per heavy atom. The van der Waals surface area contributed by atoms with Crippen LogP contribution in [-0.2, 0) is 111 Å². The lowest BCUT2D eigenvalue weighted by Gasteiger charge is -2.33. The smallest absolute Gasteiger partial charge is 0.407 e. The topological polar surface area (TPSA) is 358 Å². The number of amides is 6. The first kappa shape index (κ1) is 72.6. The molecule has 528 valence electrons. The summed E-state index contributed by atoms with van der Waals surface area (Å²) in [7, 11) is 4.01. The number of nitrogens with one attached hydrogen (secondary N) is 6. The zero-order valence-corrected chi connectivity index (χ0v) is 56.6. The Bertz CT molecular complexity index is 2850. The number of ether oxygens (including phenoxy) is 18. The first-order valence-electron chi connectivity index (χ1n) is 31.9. The van der Waals surface area contributed by atoms with Crippen molar-refractivity contribution in [1.82, 2.24) is 31.9 Å². The van der Waals surface area contributed by atoms with Gasteiger partial charge in [-0.15, -0.1) is 0 Å². The molecule has 1 aromatic rings. The predicted octanol–water partition coefficient (Wildman–Crippen LogP) is 2.88. The number of carbonyl (C=O) groups excluding carboxylic acids is 7. The summed E-state index contributed by atoms with van der Waals surface area (Å²) >= 11 is 0. The maximum absolute atomic E-state index is 15.3. The van der Waals surface area contributed by atoms with Gasteiger partial charge in [-0.2, -0.15) is 0 Å². The van der Waals surface area contributed by atoms with Crippen molar-refractivity contribution in [2.75, 3.05) is 34.4 Å². The zero-order chi connectivity index (χ0) is 68.6. The van der Waals surface area contributed by atoms with Gasteiger partial charge in [0.05, 0.1) is 37.7 Å². The molecule has 8 heterocycles. The molecule has 6 amide bonds. The third-order valence-electron chi connectivity index (χ3n) is 16.6. The lowest BCUT2D eigenvalue weighted by molar-refractivity contribution is -0.230. The highest BCUT2D eigenvalue weighted by Gasteiger charge is 2.62. The molecule has 31 heteroatoms. The van der Waals surface area contributed by atoms with Gasteiger partial charge in [-0.25, -0.2) is 14.4 Å². The molecule has 0 radical (unpaired) electrons. The third kappa shape index (κ3) is 18.3. The average Bonchev–Trinajstić information content (AvgIpc) is 1.63. The lowest BCUT2D eigenvalue weighted by atomic mass is 9.96. The van der Waals surface area contributed by atoms with E-state index in [0.29, 0.717) is 5.56 Å². The van der Waals surface area contributed by atoms with Gasteiger partial charge >= 0.3 is 24.2 Å². The van der Waals surface area contributed by atoms with Crippen molar-refractivity contribution in [1.29, 1.82) is 0 Å². The Morgan fingerprint density at radius 2 is 0.766 bits per heavy atom. The number of hydrogen-bond donors (Lipinski definition) is 6. The van der Waals surface area contributed by atoms with Crippen LogP contribution in [0.25, 0.3) is 0 Å². The van der Waals surface area contributed by atoms with E-state index in [1.807, 2.05) is 6.07 Å². The molecule has 31 nitrogen and oxygen atoms in total. The van der Waals surface area contributed by atoms with Crippen LogP contribution in [0.3, 0.4) is 0 Å². The van der Waals surface area contributed by atoms with Gasteiger partial charge in [-0.3, -0.25) is 19.2 Å². The minimum Gasteiger partial charge on any atom is -0.469 e. The summed E-state index contributed by atoms with van der Waals surface area (Å²) < 4.78 is 110. The molecule has 8 saturated heterocycles. The normalized spacial score (nSPS) is 33.5. The van der Waals surface area contributed by atoms with Crippen LogP contribution in [0, 0.1) is 0 Å². The van der Waals surface area contributed by atoms with Crippen molar-refractivity contribution < 1.29 is 119 Å². The Morgan fingerprint density at radius 1 is 0.436 bits per heavy atom. The molecular formula is C63H96N6O25. The summed E-state index contributed by atoms with van der Waals surface area (Å²) in [4.78, 5) is 98.3. The summed E-state index contributed by atoms with van der Waals surface area (Å²) in [6.07, 6.45) is -19.5. The summed E-state index contributed by atoms with van der Waals surface area (Å²) in [6, 6.07) is 4.02. The molecule has 1 aromatic carbocycles. The maximum atomic E-state index is 15.3. The van der Waals surface area contributed by atoms with Crippen molar-refractivity contribution >= 4 is 42.0 Å². The fourth-order valence-corrected chi connectivity index (χ4v) is 13.2. The Labute approximate surface area is 547 Å². The monoisotopic (exact) mass is 1340 g/mol. The van der Waals surface area contributed by atoms with Gasteiger partial charge in [0.2, 0.25) is 17.7 Å². The molecule has 8 fully saturated rings. The number of esters is 1. The summed E-state index contributed by atoms with van der Waals surface area (Å²) in [6.45, 7) is 23.6. The molecule has 0 spiro atoms. The van der Waals surface area contributed by atoms with E-state index in [1.54, 1.807) is 121 Å². The molecule has 6 N–H and O–H groups in total. The second kappa shape index (κ2) is 28.8. The molecule has 8 aliphatic rings. The number of carbonyl (C=O) groups is 7. The van der Waals surface area contributed by atoms with Crippen LogP contribution in [0.2, 0.25) is 0 Å². The largest absolute Gasteiger partial charge is 0.469 e. The molecule has 0 saturated carbocycles. The Balaban J connectivity index is 0.992. The number of benzene rings is 1. The molecule has 9 rings (SSSR count). The Kier molecular flexibility index (Phi) is 22.3. The van der Waals surface area contributed by atoms with Crippen LogP contribution in [0.1, 0.15) is 128 Å². The van der Waals surface area contributed by atoms with Gasteiger partial charge in [0.1, 0.15) is 103 Å². The van der Waals surface area contributed by atoms with Crippen LogP contribution < -0.4 is 31.9 Å². The SMILES string of the molecule is COC(=O)C[C@@H](NC(=O)C[C@H](NC(=O)C[C@@H](NC(=O)C[C@H](NC(=O)OCc1ccccc1)[C@H]1O[C@H](CNC(=O)OC(C)(C)C)[C@H]2OC(C)(C)O[C@@H]12)[C@H]1O[C@H](OC)[C@H]2OC(C)(C)O[C@H]21)[C@H]1O[C@H](OC)[C@H]2OC(C)(C)O[C@H]21)[C@H]1O[C@H](CNC(=O)OC(C)(C)C)[C@H]2OC(C)(C)O[C@@H]12. The number of fused-ring (bicyclic) bond motifs is 4. The lowest BCUT2D eigenvalue weighted by Crippen LogP contribution is -2.56. The highest BCUT2D eigenvalue weighted by Crippen LogP contribution is 2.45. The van der Waals surface area contributed by atoms with E-state index in [1.165, 1.54) is 21.3 Å². The molecule has 0 aliphatic carbocycles. The number of hydrogen-bond acceptors (Lipinski definition) is 25. The zero-order valence-electron chi connectivity index (χ0n) is 56.6. The van der Waals surface area contributed by atoms with Gasteiger partial charge in [0.15, 0.2) is 35.7 Å². The number of alkyl carbamates (subject to hydrolysis) is 3. The van der Waals surface area contributed by atoms with E-state index >= 15 is 9.59 Å². The van der Waals surface area contributed by atoms with Crippen molar-refractivity contribution in [3.8, 4) is 0 Å². The summed E-state index contributed by atoms with van der Waals surface area (Å²) in [5, 5.41) is 17.2. The minimum atomic E-state index is -1.28. The van der Waals surface area contributed by atoms with Gasteiger partial charge in [0.25, 0.3) is 0 Å².